The third-order valence-corrected chi connectivity index (χ3v) is 6.73. The first-order valence-corrected chi connectivity index (χ1v) is 11.6. The van der Waals surface area contributed by atoms with Gasteiger partial charge in [-0.15, -0.1) is 0 Å². The smallest absolute Gasteiger partial charge is 0.336 e. The van der Waals surface area contributed by atoms with Crippen molar-refractivity contribution in [1.29, 1.82) is 0 Å². The molecule has 172 valence electrons. The second-order valence-corrected chi connectivity index (χ2v) is 9.10. The van der Waals surface area contributed by atoms with E-state index in [0.717, 1.165) is 18.5 Å². The van der Waals surface area contributed by atoms with E-state index in [4.69, 9.17) is 25.5 Å². The summed E-state index contributed by atoms with van der Waals surface area (Å²) in [4.78, 5) is 39.9. The first kappa shape index (κ1) is 21.9. The molecule has 0 unspecified atom stereocenters. The summed E-state index contributed by atoms with van der Waals surface area (Å²) in [7, 11) is 0. The molecular weight excluding hydrogens is 446 g/mol. The number of Topliss-reactive ketones (excluding diaryl/α,β-unsaturated/α-hetero) is 1. The molecule has 1 aromatic carbocycles. The lowest BCUT2D eigenvalue weighted by atomic mass is 9.75. The van der Waals surface area contributed by atoms with Crippen LogP contribution in [-0.2, 0) is 19.1 Å². The van der Waals surface area contributed by atoms with Gasteiger partial charge in [0.25, 0.3) is 0 Å². The fourth-order valence-electron chi connectivity index (χ4n) is 4.90. The van der Waals surface area contributed by atoms with Gasteiger partial charge in [-0.25, -0.2) is 4.79 Å². The number of esters is 1. The summed E-state index contributed by atoms with van der Waals surface area (Å²) in [6.07, 6.45) is 4.71. The molecule has 0 radical (unpaired) electrons. The Bertz CT molecular complexity index is 1270. The van der Waals surface area contributed by atoms with E-state index in [1.165, 1.54) is 12.3 Å². The van der Waals surface area contributed by atoms with Gasteiger partial charge in [0, 0.05) is 40.6 Å². The Morgan fingerprint density at radius 3 is 2.88 bits per heavy atom. The van der Waals surface area contributed by atoms with E-state index >= 15 is 0 Å². The lowest BCUT2D eigenvalue weighted by Gasteiger charge is -2.33. The fourth-order valence-corrected chi connectivity index (χ4v) is 5.08. The predicted octanol–water partition coefficient (Wildman–Crippen LogP) is 4.14. The van der Waals surface area contributed by atoms with Crippen LogP contribution in [0.5, 0.6) is 0 Å². The summed E-state index contributed by atoms with van der Waals surface area (Å²) >= 11 is 6.12. The van der Waals surface area contributed by atoms with Crippen LogP contribution in [0.3, 0.4) is 0 Å². The van der Waals surface area contributed by atoms with Crippen molar-refractivity contribution in [1.82, 2.24) is 5.32 Å². The SMILES string of the molecule is CC1=C(C(=O)OC[C@@H]2CCCO2)[C@H](c2coc3ccc(Cl)cc3c2=O)C2=C(CCCC2=O)N1. The number of rotatable bonds is 4. The number of halogens is 1. The third kappa shape index (κ3) is 4.00. The van der Waals surface area contributed by atoms with Crippen molar-refractivity contribution in [3.8, 4) is 0 Å². The first-order valence-electron chi connectivity index (χ1n) is 11.2. The molecule has 0 saturated carbocycles. The Kier molecular flexibility index (Phi) is 5.85. The van der Waals surface area contributed by atoms with Crippen LogP contribution in [0.25, 0.3) is 11.0 Å². The molecule has 33 heavy (non-hydrogen) atoms. The van der Waals surface area contributed by atoms with Gasteiger partial charge in [-0.3, -0.25) is 9.59 Å². The van der Waals surface area contributed by atoms with Crippen LogP contribution in [0.4, 0.5) is 0 Å². The summed E-state index contributed by atoms with van der Waals surface area (Å²) < 4.78 is 16.9. The lowest BCUT2D eigenvalue weighted by molar-refractivity contribution is -0.142. The van der Waals surface area contributed by atoms with Crippen molar-refractivity contribution >= 4 is 34.3 Å². The normalized spacial score (nSPS) is 23.0. The van der Waals surface area contributed by atoms with Gasteiger partial charge in [-0.1, -0.05) is 11.6 Å². The number of dihydropyridines is 1. The largest absolute Gasteiger partial charge is 0.464 e. The van der Waals surface area contributed by atoms with E-state index in [1.54, 1.807) is 19.1 Å². The van der Waals surface area contributed by atoms with Crippen LogP contribution in [-0.4, -0.2) is 31.1 Å². The Labute approximate surface area is 195 Å². The van der Waals surface area contributed by atoms with Gasteiger partial charge < -0.3 is 19.2 Å². The van der Waals surface area contributed by atoms with Gasteiger partial charge in [-0.05, 0) is 50.8 Å². The molecule has 0 spiro atoms. The maximum absolute atomic E-state index is 13.5. The number of allylic oxidation sites excluding steroid dienone is 3. The standard InChI is InChI=1S/C25H24ClNO6/c1-13-21(25(30)33-11-15-4-3-9-31-15)22(23-18(27-13)5-2-6-19(23)28)17-12-32-20-8-7-14(26)10-16(20)24(17)29/h7-8,10,12,15,22,27H,2-6,9,11H2,1H3/t15-,22-/m0/s1. The summed E-state index contributed by atoms with van der Waals surface area (Å²) in [6, 6.07) is 4.80. The number of ketones is 1. The Morgan fingerprint density at radius 2 is 2.09 bits per heavy atom. The fraction of sp³-hybridized carbons (Fsp3) is 0.400. The van der Waals surface area contributed by atoms with Crippen LogP contribution >= 0.6 is 11.6 Å². The predicted molar refractivity (Wildman–Crippen MR) is 122 cm³/mol. The Balaban J connectivity index is 1.61. The van der Waals surface area contributed by atoms with Gasteiger partial charge in [0.15, 0.2) is 11.2 Å². The zero-order valence-electron chi connectivity index (χ0n) is 18.2. The number of benzene rings is 1. The molecule has 5 rings (SSSR count). The molecule has 0 amide bonds. The highest BCUT2D eigenvalue weighted by Crippen LogP contribution is 2.42. The Hall–Kier alpha value is -2.90. The number of fused-ring (bicyclic) bond motifs is 1. The number of ether oxygens (including phenoxy) is 2. The molecule has 2 aromatic rings. The molecule has 3 aliphatic rings. The molecule has 7 nitrogen and oxygen atoms in total. The Morgan fingerprint density at radius 1 is 1.24 bits per heavy atom. The van der Waals surface area contributed by atoms with Gasteiger partial charge in [0.1, 0.15) is 12.2 Å². The maximum Gasteiger partial charge on any atom is 0.336 e. The van der Waals surface area contributed by atoms with Crippen molar-refractivity contribution in [2.75, 3.05) is 13.2 Å². The van der Waals surface area contributed by atoms with Crippen LogP contribution in [0.1, 0.15) is 50.5 Å². The number of nitrogens with one attached hydrogen (secondary N) is 1. The second kappa shape index (κ2) is 8.80. The topological polar surface area (TPSA) is 94.8 Å². The summed E-state index contributed by atoms with van der Waals surface area (Å²) in [5.74, 6) is -1.53. The summed E-state index contributed by atoms with van der Waals surface area (Å²) in [5, 5.41) is 3.92. The molecule has 0 bridgehead atoms. The van der Waals surface area contributed by atoms with Gasteiger partial charge in [-0.2, -0.15) is 0 Å². The van der Waals surface area contributed by atoms with Crippen molar-refractivity contribution in [2.45, 2.75) is 51.0 Å². The van der Waals surface area contributed by atoms with Gasteiger partial charge in [0.2, 0.25) is 0 Å². The van der Waals surface area contributed by atoms with Crippen LogP contribution in [0.2, 0.25) is 5.02 Å². The van der Waals surface area contributed by atoms with Crippen molar-refractivity contribution < 1.29 is 23.5 Å². The maximum atomic E-state index is 13.5. The molecule has 2 aliphatic heterocycles. The van der Waals surface area contributed by atoms with E-state index in [1.807, 2.05) is 0 Å². The van der Waals surface area contributed by atoms with E-state index in [9.17, 15) is 14.4 Å². The van der Waals surface area contributed by atoms with E-state index < -0.39 is 11.9 Å². The van der Waals surface area contributed by atoms with Crippen molar-refractivity contribution in [3.05, 3.63) is 67.8 Å². The van der Waals surface area contributed by atoms with Crippen molar-refractivity contribution in [3.63, 3.8) is 0 Å². The minimum atomic E-state index is -0.870. The molecule has 3 heterocycles. The zero-order valence-corrected chi connectivity index (χ0v) is 19.0. The van der Waals surface area contributed by atoms with E-state index in [-0.39, 0.29) is 35.1 Å². The average Bonchev–Trinajstić information content (AvgIpc) is 3.31. The highest BCUT2D eigenvalue weighted by atomic mass is 35.5. The van der Waals surface area contributed by atoms with Gasteiger partial charge in [0.05, 0.1) is 29.2 Å². The molecule has 1 saturated heterocycles. The van der Waals surface area contributed by atoms with Crippen LogP contribution in [0, 0.1) is 0 Å². The molecule has 1 aliphatic carbocycles. The summed E-state index contributed by atoms with van der Waals surface area (Å²) in [5.41, 5.74) is 2.27. The molecular formula is C25H24ClNO6. The monoisotopic (exact) mass is 469 g/mol. The molecule has 2 atom stereocenters. The number of carbonyl (C=O) groups excluding carboxylic acids is 2. The highest BCUT2D eigenvalue weighted by molar-refractivity contribution is 6.31. The van der Waals surface area contributed by atoms with Crippen molar-refractivity contribution in [2.24, 2.45) is 0 Å². The molecule has 8 heteroatoms. The quantitative estimate of drug-likeness (QED) is 0.672. The second-order valence-electron chi connectivity index (χ2n) is 8.66. The average molecular weight is 470 g/mol. The number of carbonyl (C=O) groups is 2. The van der Waals surface area contributed by atoms with Crippen LogP contribution < -0.4 is 10.7 Å². The summed E-state index contributed by atoms with van der Waals surface area (Å²) in [6.45, 7) is 2.54. The van der Waals surface area contributed by atoms with E-state index in [0.29, 0.717) is 53.1 Å². The van der Waals surface area contributed by atoms with E-state index in [2.05, 4.69) is 5.32 Å². The first-order chi connectivity index (χ1) is 15.9. The minimum Gasteiger partial charge on any atom is -0.464 e. The zero-order chi connectivity index (χ0) is 23.1. The minimum absolute atomic E-state index is 0.0868. The van der Waals surface area contributed by atoms with Crippen LogP contribution in [0.15, 0.2) is 56.2 Å². The third-order valence-electron chi connectivity index (χ3n) is 6.49. The highest BCUT2D eigenvalue weighted by Gasteiger charge is 2.41. The number of hydrogen-bond donors (Lipinski definition) is 1. The molecule has 1 N–H and O–H groups in total. The molecule has 1 aromatic heterocycles. The van der Waals surface area contributed by atoms with Gasteiger partial charge >= 0.3 is 5.97 Å². The number of hydrogen-bond acceptors (Lipinski definition) is 7. The molecule has 1 fully saturated rings. The lowest BCUT2D eigenvalue weighted by Crippen LogP contribution is -2.36.